The number of amides is 2. The first-order chi connectivity index (χ1) is 15.0. The number of nitrogens with zero attached hydrogens (tertiary/aromatic N) is 1. The third-order valence-electron chi connectivity index (χ3n) is 4.85. The molecule has 2 aromatic carbocycles. The van der Waals surface area contributed by atoms with Crippen molar-refractivity contribution in [3.63, 3.8) is 0 Å². The summed E-state index contributed by atoms with van der Waals surface area (Å²) < 4.78 is 13.9. The molecule has 0 saturated heterocycles. The molecule has 0 spiro atoms. The Morgan fingerprint density at radius 3 is 2.65 bits per heavy atom. The number of benzene rings is 2. The molecule has 0 fully saturated rings. The maximum atomic E-state index is 13.9. The van der Waals surface area contributed by atoms with E-state index in [1.54, 1.807) is 6.07 Å². The predicted octanol–water partition coefficient (Wildman–Crippen LogP) is 3.31. The summed E-state index contributed by atoms with van der Waals surface area (Å²) in [6, 6.07) is 15.6. The van der Waals surface area contributed by atoms with Gasteiger partial charge in [-0.15, -0.1) is 0 Å². The minimum atomic E-state index is -1.07. The van der Waals surface area contributed by atoms with Crippen LogP contribution in [0.4, 0.5) is 15.9 Å². The maximum Gasteiger partial charge on any atom is 0.257 e. The highest BCUT2D eigenvalue weighted by Gasteiger charge is 2.35. The summed E-state index contributed by atoms with van der Waals surface area (Å²) in [6.07, 6.45) is 0.560. The van der Waals surface area contributed by atoms with Gasteiger partial charge in [-0.05, 0) is 24.1 Å². The lowest BCUT2D eigenvalue weighted by Crippen LogP contribution is -2.36. The zero-order valence-electron chi connectivity index (χ0n) is 16.4. The molecule has 31 heavy (non-hydrogen) atoms. The number of carbonyl (C=O) groups excluding carboxylic acids is 2. The highest BCUT2D eigenvalue weighted by atomic mass is 32.2. The van der Waals surface area contributed by atoms with Crippen LogP contribution in [0.3, 0.4) is 0 Å². The van der Waals surface area contributed by atoms with Crippen LogP contribution in [0.2, 0.25) is 0 Å². The van der Waals surface area contributed by atoms with E-state index in [0.29, 0.717) is 10.9 Å². The molecular formula is C22H19FN4O3S. The molecule has 0 unspecified atom stereocenters. The third-order valence-corrected chi connectivity index (χ3v) is 5.72. The Balaban J connectivity index is 1.53. The Kier molecular flexibility index (Phi) is 6.13. The summed E-state index contributed by atoms with van der Waals surface area (Å²) in [5, 5.41) is 5.38. The number of nitrogens with one attached hydrogen (secondary N) is 3. The van der Waals surface area contributed by atoms with Gasteiger partial charge in [-0.2, -0.15) is 0 Å². The van der Waals surface area contributed by atoms with Gasteiger partial charge in [0.25, 0.3) is 5.56 Å². The summed E-state index contributed by atoms with van der Waals surface area (Å²) >= 11 is 1.35. The first-order valence-electron chi connectivity index (χ1n) is 9.67. The number of anilines is 2. The molecule has 0 saturated carbocycles. The molecule has 2 heterocycles. The number of H-pyrrole nitrogens is 1. The number of fused-ring (bicyclic) bond motifs is 1. The number of rotatable bonds is 6. The predicted molar refractivity (Wildman–Crippen MR) is 117 cm³/mol. The van der Waals surface area contributed by atoms with Crippen molar-refractivity contribution < 1.29 is 14.0 Å². The lowest BCUT2D eigenvalue weighted by atomic mass is 9.92. The fourth-order valence-electron chi connectivity index (χ4n) is 3.34. The topological polar surface area (TPSA) is 104 Å². The minimum Gasteiger partial charge on any atom is -0.323 e. The van der Waals surface area contributed by atoms with E-state index in [1.165, 1.54) is 30.0 Å². The first-order valence-corrected chi connectivity index (χ1v) is 10.7. The van der Waals surface area contributed by atoms with Gasteiger partial charge >= 0.3 is 0 Å². The second-order valence-electron chi connectivity index (χ2n) is 6.99. The lowest BCUT2D eigenvalue weighted by molar-refractivity contribution is -0.123. The zero-order chi connectivity index (χ0) is 21.8. The first kappa shape index (κ1) is 20.8. The largest absolute Gasteiger partial charge is 0.323 e. The molecule has 3 aromatic rings. The molecule has 0 bridgehead atoms. The van der Waals surface area contributed by atoms with Crippen LogP contribution in [0.5, 0.6) is 0 Å². The number of aryl methyl sites for hydroxylation is 1. The lowest BCUT2D eigenvalue weighted by Gasteiger charge is -2.23. The summed E-state index contributed by atoms with van der Waals surface area (Å²) in [6.45, 7) is 0. The summed E-state index contributed by atoms with van der Waals surface area (Å²) in [5.74, 6) is -2.00. The Bertz CT molecular complexity index is 1180. The van der Waals surface area contributed by atoms with E-state index in [0.717, 1.165) is 12.0 Å². The van der Waals surface area contributed by atoms with E-state index in [1.807, 2.05) is 30.3 Å². The number of aromatic amines is 1. The van der Waals surface area contributed by atoms with Crippen LogP contribution < -0.4 is 16.2 Å². The van der Waals surface area contributed by atoms with Crippen molar-refractivity contribution in [1.82, 2.24) is 9.97 Å². The Morgan fingerprint density at radius 2 is 1.87 bits per heavy atom. The average Bonchev–Trinajstić information content (AvgIpc) is 2.75. The molecule has 1 aromatic heterocycles. The Morgan fingerprint density at radius 1 is 1.13 bits per heavy atom. The van der Waals surface area contributed by atoms with E-state index in [4.69, 9.17) is 0 Å². The molecule has 0 radical (unpaired) electrons. The number of para-hydroxylation sites is 1. The molecule has 1 aliphatic rings. The van der Waals surface area contributed by atoms with Crippen LogP contribution in [0, 0.1) is 5.82 Å². The second-order valence-corrected chi connectivity index (χ2v) is 8.08. The second kappa shape index (κ2) is 9.13. The summed E-state index contributed by atoms with van der Waals surface area (Å²) in [7, 11) is 0. The van der Waals surface area contributed by atoms with E-state index >= 15 is 0 Å². The van der Waals surface area contributed by atoms with Crippen LogP contribution in [0.1, 0.15) is 23.5 Å². The molecule has 0 aliphatic carbocycles. The van der Waals surface area contributed by atoms with E-state index < -0.39 is 29.1 Å². The number of hydrogen-bond donors (Lipinski definition) is 3. The summed E-state index contributed by atoms with van der Waals surface area (Å²) in [5.41, 5.74) is 0.715. The highest BCUT2D eigenvalue weighted by Crippen LogP contribution is 2.30. The normalized spacial score (nSPS) is 15.1. The van der Waals surface area contributed by atoms with Gasteiger partial charge in [-0.25, -0.2) is 9.37 Å². The van der Waals surface area contributed by atoms with Crippen molar-refractivity contribution in [2.24, 2.45) is 0 Å². The van der Waals surface area contributed by atoms with Gasteiger partial charge in [-0.1, -0.05) is 54.2 Å². The quantitative estimate of drug-likeness (QED) is 0.405. The van der Waals surface area contributed by atoms with Crippen LogP contribution in [-0.4, -0.2) is 27.5 Å². The maximum absolute atomic E-state index is 13.9. The van der Waals surface area contributed by atoms with Gasteiger partial charge in [-0.3, -0.25) is 14.4 Å². The molecule has 1 aliphatic heterocycles. The van der Waals surface area contributed by atoms with Crippen molar-refractivity contribution in [1.29, 1.82) is 0 Å². The van der Waals surface area contributed by atoms with Crippen molar-refractivity contribution in [2.45, 2.75) is 23.9 Å². The molecule has 1 atom stereocenters. The molecule has 158 valence electrons. The zero-order valence-corrected chi connectivity index (χ0v) is 17.2. The molecule has 9 heteroatoms. The molecular weight excluding hydrogens is 419 g/mol. The van der Waals surface area contributed by atoms with Crippen molar-refractivity contribution >= 4 is 35.1 Å². The molecule has 2 amide bonds. The van der Waals surface area contributed by atoms with Gasteiger partial charge in [0.15, 0.2) is 5.16 Å². The average molecular weight is 438 g/mol. The smallest absolute Gasteiger partial charge is 0.257 e. The van der Waals surface area contributed by atoms with Crippen LogP contribution >= 0.6 is 11.8 Å². The Hall–Kier alpha value is -3.46. The van der Waals surface area contributed by atoms with Crippen molar-refractivity contribution in [3.05, 3.63) is 81.9 Å². The fourth-order valence-corrected chi connectivity index (χ4v) is 4.19. The monoisotopic (exact) mass is 438 g/mol. The van der Waals surface area contributed by atoms with Crippen molar-refractivity contribution in [3.8, 4) is 0 Å². The van der Waals surface area contributed by atoms with Crippen LogP contribution in [0.25, 0.3) is 0 Å². The van der Waals surface area contributed by atoms with Gasteiger partial charge in [0.2, 0.25) is 11.8 Å². The van der Waals surface area contributed by atoms with Crippen molar-refractivity contribution in [2.75, 3.05) is 16.4 Å². The van der Waals surface area contributed by atoms with E-state index in [2.05, 4.69) is 20.6 Å². The summed E-state index contributed by atoms with van der Waals surface area (Å²) in [4.78, 5) is 44.7. The molecule has 4 rings (SSSR count). The van der Waals surface area contributed by atoms with Crippen LogP contribution in [-0.2, 0) is 16.0 Å². The highest BCUT2D eigenvalue weighted by molar-refractivity contribution is 7.99. The number of carbonyl (C=O) groups is 2. The van der Waals surface area contributed by atoms with E-state index in [9.17, 15) is 18.8 Å². The standard InChI is InChI=1S/C22H19FN4O3S/c23-15-8-4-5-9-16(15)24-20(29)14-12-17(28)25-19-18(14)21(30)27-22(26-19)31-11-10-13-6-2-1-3-7-13/h1-9,14H,10-12H2,(H,24,29)(H2,25,26,27,28,30)/t14-/m1/s1. The minimum absolute atomic E-state index is 0.0162. The third kappa shape index (κ3) is 4.83. The van der Waals surface area contributed by atoms with Gasteiger partial charge in [0, 0.05) is 12.2 Å². The number of aromatic nitrogens is 2. The number of thioether (sulfide) groups is 1. The number of halogens is 1. The van der Waals surface area contributed by atoms with Gasteiger partial charge in [0.05, 0.1) is 17.2 Å². The fraction of sp³-hybridized carbons (Fsp3) is 0.182. The number of hydrogen-bond acceptors (Lipinski definition) is 5. The van der Waals surface area contributed by atoms with Gasteiger partial charge < -0.3 is 15.6 Å². The Labute approximate surface area is 181 Å². The molecule has 3 N–H and O–H groups in total. The van der Waals surface area contributed by atoms with Gasteiger partial charge in [0.1, 0.15) is 11.6 Å². The van der Waals surface area contributed by atoms with E-state index in [-0.39, 0.29) is 23.5 Å². The SMILES string of the molecule is O=C1C[C@@H](C(=O)Nc2ccccc2F)c2c(nc(SCCc3ccccc3)[nH]c2=O)N1. The van der Waals surface area contributed by atoms with Crippen LogP contribution in [0.15, 0.2) is 64.5 Å². The molecule has 7 nitrogen and oxygen atoms in total.